The maximum atomic E-state index is 10.7. The first-order valence-electron chi connectivity index (χ1n) is 5.48. The highest BCUT2D eigenvalue weighted by molar-refractivity contribution is 5.80. The number of carboxylic acid groups (broad SMARTS) is 1. The number of aryl methyl sites for hydroxylation is 1. The molecule has 16 heavy (non-hydrogen) atoms. The van der Waals surface area contributed by atoms with E-state index in [0.717, 1.165) is 11.1 Å². The van der Waals surface area contributed by atoms with E-state index in [2.05, 4.69) is 0 Å². The fourth-order valence-corrected chi connectivity index (χ4v) is 1.52. The summed E-state index contributed by atoms with van der Waals surface area (Å²) in [4.78, 5) is 10.7. The van der Waals surface area contributed by atoms with Crippen molar-refractivity contribution >= 4 is 5.97 Å². The van der Waals surface area contributed by atoms with Crippen LogP contribution >= 0.6 is 0 Å². The lowest BCUT2D eigenvalue weighted by Crippen LogP contribution is -2.02. The molecule has 86 valence electrons. The van der Waals surface area contributed by atoms with Crippen LogP contribution in [-0.4, -0.2) is 11.1 Å². The predicted molar refractivity (Wildman–Crippen MR) is 65.4 cm³/mol. The van der Waals surface area contributed by atoms with Crippen molar-refractivity contribution in [3.05, 3.63) is 47.0 Å². The molecule has 0 radical (unpaired) electrons. The number of hydrogen-bond donors (Lipinski definition) is 1. The zero-order valence-electron chi connectivity index (χ0n) is 10.0. The van der Waals surface area contributed by atoms with Gasteiger partial charge in [0.25, 0.3) is 0 Å². The van der Waals surface area contributed by atoms with Gasteiger partial charge >= 0.3 is 5.97 Å². The van der Waals surface area contributed by atoms with Gasteiger partial charge in [-0.2, -0.15) is 0 Å². The second-order valence-corrected chi connectivity index (χ2v) is 4.37. The Bertz CT molecular complexity index is 386. The molecule has 0 atom stereocenters. The number of rotatable bonds is 4. The topological polar surface area (TPSA) is 37.3 Å². The summed E-state index contributed by atoms with van der Waals surface area (Å²) in [6.07, 6.45) is 2.04. The molecule has 0 unspecified atom stereocenters. The third-order valence-electron chi connectivity index (χ3n) is 2.58. The second kappa shape index (κ2) is 5.50. The van der Waals surface area contributed by atoms with Crippen LogP contribution in [0.25, 0.3) is 0 Å². The first-order chi connectivity index (χ1) is 7.49. The molecule has 0 amide bonds. The number of allylic oxidation sites excluding steroid dienone is 1. The number of carboxylic acids is 1. The van der Waals surface area contributed by atoms with E-state index in [1.165, 1.54) is 11.6 Å². The second-order valence-electron chi connectivity index (χ2n) is 4.37. The van der Waals surface area contributed by atoms with E-state index >= 15 is 0 Å². The molecule has 0 spiro atoms. The van der Waals surface area contributed by atoms with E-state index in [1.807, 2.05) is 45.0 Å². The molecule has 1 aromatic carbocycles. The Hall–Kier alpha value is -1.57. The standard InChI is InChI=1S/C14H18O2/c1-10(2)13(9-14(15)16)8-12-6-4-11(3)5-7-12/h4-7,9-10H,8H2,1-3H3,(H,15,16)/b13-9-. The summed E-state index contributed by atoms with van der Waals surface area (Å²) in [7, 11) is 0. The quantitative estimate of drug-likeness (QED) is 0.788. The first kappa shape index (κ1) is 12.5. The maximum absolute atomic E-state index is 10.7. The van der Waals surface area contributed by atoms with Crippen LogP contribution in [0.5, 0.6) is 0 Å². The molecule has 0 aliphatic heterocycles. The number of hydrogen-bond acceptors (Lipinski definition) is 1. The average molecular weight is 218 g/mol. The van der Waals surface area contributed by atoms with Gasteiger partial charge in [0.15, 0.2) is 0 Å². The minimum absolute atomic E-state index is 0.261. The van der Waals surface area contributed by atoms with Gasteiger partial charge in [-0.15, -0.1) is 0 Å². The van der Waals surface area contributed by atoms with Crippen molar-refractivity contribution < 1.29 is 9.90 Å². The average Bonchev–Trinajstić information content (AvgIpc) is 2.19. The summed E-state index contributed by atoms with van der Waals surface area (Å²) in [5, 5.41) is 8.78. The van der Waals surface area contributed by atoms with Crippen molar-refractivity contribution in [2.24, 2.45) is 5.92 Å². The molecule has 0 aromatic heterocycles. The van der Waals surface area contributed by atoms with E-state index in [9.17, 15) is 4.79 Å². The smallest absolute Gasteiger partial charge is 0.328 e. The zero-order valence-corrected chi connectivity index (χ0v) is 10.0. The van der Waals surface area contributed by atoms with Crippen molar-refractivity contribution in [1.82, 2.24) is 0 Å². The largest absolute Gasteiger partial charge is 0.478 e. The molecule has 1 N–H and O–H groups in total. The van der Waals surface area contributed by atoms with Gasteiger partial charge in [-0.25, -0.2) is 4.79 Å². The number of aliphatic carboxylic acids is 1. The first-order valence-corrected chi connectivity index (χ1v) is 5.48. The van der Waals surface area contributed by atoms with E-state index < -0.39 is 5.97 Å². The van der Waals surface area contributed by atoms with Crippen molar-refractivity contribution in [3.63, 3.8) is 0 Å². The molecule has 1 rings (SSSR count). The molecule has 0 heterocycles. The summed E-state index contributed by atoms with van der Waals surface area (Å²) in [5.41, 5.74) is 3.33. The van der Waals surface area contributed by atoms with Crippen LogP contribution in [0.15, 0.2) is 35.9 Å². The fraction of sp³-hybridized carbons (Fsp3) is 0.357. The summed E-state index contributed by atoms with van der Waals surface area (Å²) >= 11 is 0. The molecule has 0 fully saturated rings. The van der Waals surface area contributed by atoms with Crippen molar-refractivity contribution in [2.75, 3.05) is 0 Å². The third-order valence-corrected chi connectivity index (χ3v) is 2.58. The maximum Gasteiger partial charge on any atom is 0.328 e. The molecule has 0 bridgehead atoms. The highest BCUT2D eigenvalue weighted by Gasteiger charge is 2.06. The van der Waals surface area contributed by atoms with Crippen LogP contribution in [0.2, 0.25) is 0 Å². The molecule has 0 aliphatic rings. The summed E-state index contributed by atoms with van der Waals surface area (Å²) in [6.45, 7) is 6.08. The van der Waals surface area contributed by atoms with Gasteiger partial charge in [-0.05, 0) is 24.8 Å². The van der Waals surface area contributed by atoms with Crippen LogP contribution < -0.4 is 0 Å². The van der Waals surface area contributed by atoms with Gasteiger partial charge in [-0.1, -0.05) is 49.2 Å². The van der Waals surface area contributed by atoms with Gasteiger partial charge in [0.1, 0.15) is 0 Å². The van der Waals surface area contributed by atoms with Crippen molar-refractivity contribution in [1.29, 1.82) is 0 Å². The fourth-order valence-electron chi connectivity index (χ4n) is 1.52. The van der Waals surface area contributed by atoms with E-state index in [1.54, 1.807) is 0 Å². The molecular weight excluding hydrogens is 200 g/mol. The Labute approximate surface area is 96.6 Å². The highest BCUT2D eigenvalue weighted by Crippen LogP contribution is 2.16. The van der Waals surface area contributed by atoms with Crippen molar-refractivity contribution in [3.8, 4) is 0 Å². The third kappa shape index (κ3) is 3.89. The minimum atomic E-state index is -0.865. The predicted octanol–water partition coefficient (Wildman–Crippen LogP) is 3.20. The van der Waals surface area contributed by atoms with Gasteiger partial charge in [0, 0.05) is 6.08 Å². The van der Waals surface area contributed by atoms with Gasteiger partial charge in [-0.3, -0.25) is 0 Å². The lowest BCUT2D eigenvalue weighted by Gasteiger charge is -2.10. The normalized spacial score (nSPS) is 11.9. The van der Waals surface area contributed by atoms with Crippen LogP contribution in [0.3, 0.4) is 0 Å². The molecule has 0 saturated carbocycles. The van der Waals surface area contributed by atoms with Gasteiger partial charge in [0.2, 0.25) is 0 Å². The van der Waals surface area contributed by atoms with Crippen molar-refractivity contribution in [2.45, 2.75) is 27.2 Å². The molecule has 1 aromatic rings. The van der Waals surface area contributed by atoms with Crippen LogP contribution in [-0.2, 0) is 11.2 Å². The monoisotopic (exact) mass is 218 g/mol. The summed E-state index contributed by atoms with van der Waals surface area (Å²) < 4.78 is 0. The number of benzene rings is 1. The Morgan fingerprint density at radius 3 is 2.31 bits per heavy atom. The van der Waals surface area contributed by atoms with E-state index in [4.69, 9.17) is 5.11 Å². The van der Waals surface area contributed by atoms with Crippen LogP contribution in [0, 0.1) is 12.8 Å². The highest BCUT2D eigenvalue weighted by atomic mass is 16.4. The Balaban J connectivity index is 2.84. The number of carbonyl (C=O) groups is 1. The van der Waals surface area contributed by atoms with Gasteiger partial charge in [0.05, 0.1) is 0 Å². The Kier molecular flexibility index (Phi) is 4.29. The Morgan fingerprint density at radius 2 is 1.88 bits per heavy atom. The summed E-state index contributed by atoms with van der Waals surface area (Å²) in [6, 6.07) is 8.20. The molecule has 0 saturated heterocycles. The van der Waals surface area contributed by atoms with Crippen LogP contribution in [0.1, 0.15) is 25.0 Å². The molecule has 0 aliphatic carbocycles. The lowest BCUT2D eigenvalue weighted by molar-refractivity contribution is -0.131. The molecular formula is C14H18O2. The minimum Gasteiger partial charge on any atom is -0.478 e. The lowest BCUT2D eigenvalue weighted by atomic mass is 9.95. The Morgan fingerprint density at radius 1 is 1.31 bits per heavy atom. The summed E-state index contributed by atoms with van der Waals surface area (Å²) in [5.74, 6) is -0.604. The zero-order chi connectivity index (χ0) is 12.1. The van der Waals surface area contributed by atoms with Gasteiger partial charge < -0.3 is 5.11 Å². The molecule has 2 nitrogen and oxygen atoms in total. The van der Waals surface area contributed by atoms with E-state index in [0.29, 0.717) is 6.42 Å². The van der Waals surface area contributed by atoms with Crippen LogP contribution in [0.4, 0.5) is 0 Å². The molecule has 2 heteroatoms. The van der Waals surface area contributed by atoms with E-state index in [-0.39, 0.29) is 5.92 Å². The SMILES string of the molecule is Cc1ccc(C/C(=C/C(=O)O)C(C)C)cc1.